The van der Waals surface area contributed by atoms with Crippen LogP contribution in [-0.2, 0) is 13.1 Å². The number of aliphatic imine (C=N–C) groups is 1. The van der Waals surface area contributed by atoms with Gasteiger partial charge in [0.2, 0.25) is 5.88 Å². The zero-order valence-corrected chi connectivity index (χ0v) is 17.5. The SMILES string of the molecule is CCNC(=NCc1ccc(Oc2cccc(F)c2)nc1)NCc1sc(C)nc1C. The van der Waals surface area contributed by atoms with Crippen LogP contribution >= 0.6 is 11.3 Å². The van der Waals surface area contributed by atoms with Crippen molar-refractivity contribution in [3.05, 3.63) is 69.6 Å². The van der Waals surface area contributed by atoms with Crippen LogP contribution in [0.1, 0.15) is 28.1 Å². The molecular weight excluding hydrogens is 389 g/mol. The van der Waals surface area contributed by atoms with Crippen LogP contribution in [0, 0.1) is 19.7 Å². The molecule has 0 bridgehead atoms. The summed E-state index contributed by atoms with van der Waals surface area (Å²) in [5, 5.41) is 7.64. The molecular formula is C21H24FN5OS. The first-order valence-corrected chi connectivity index (χ1v) is 10.2. The maximum atomic E-state index is 13.2. The van der Waals surface area contributed by atoms with Gasteiger partial charge in [0.25, 0.3) is 0 Å². The first-order valence-electron chi connectivity index (χ1n) is 9.37. The van der Waals surface area contributed by atoms with Crippen LogP contribution in [0.2, 0.25) is 0 Å². The van der Waals surface area contributed by atoms with Crippen molar-refractivity contribution < 1.29 is 9.13 Å². The summed E-state index contributed by atoms with van der Waals surface area (Å²) in [7, 11) is 0. The number of nitrogens with one attached hydrogen (secondary N) is 2. The van der Waals surface area contributed by atoms with Crippen LogP contribution in [0.4, 0.5) is 4.39 Å². The molecule has 6 nitrogen and oxygen atoms in total. The summed E-state index contributed by atoms with van der Waals surface area (Å²) in [6.45, 7) is 7.98. The number of nitrogens with zero attached hydrogens (tertiary/aromatic N) is 3. The molecule has 0 aliphatic heterocycles. The highest BCUT2D eigenvalue weighted by atomic mass is 32.1. The van der Waals surface area contributed by atoms with Gasteiger partial charge < -0.3 is 15.4 Å². The summed E-state index contributed by atoms with van der Waals surface area (Å²) in [6.07, 6.45) is 1.71. The van der Waals surface area contributed by atoms with Crippen LogP contribution in [0.15, 0.2) is 47.6 Å². The number of benzene rings is 1. The minimum atomic E-state index is -0.347. The summed E-state index contributed by atoms with van der Waals surface area (Å²) in [5.74, 6) is 1.21. The van der Waals surface area contributed by atoms with E-state index in [1.807, 2.05) is 26.8 Å². The van der Waals surface area contributed by atoms with Crippen LogP contribution in [0.5, 0.6) is 11.6 Å². The third kappa shape index (κ3) is 6.25. The number of rotatable bonds is 7. The zero-order chi connectivity index (χ0) is 20.6. The normalized spacial score (nSPS) is 11.4. The molecule has 0 atom stereocenters. The van der Waals surface area contributed by atoms with Gasteiger partial charge in [0.1, 0.15) is 11.6 Å². The van der Waals surface area contributed by atoms with Gasteiger partial charge >= 0.3 is 0 Å². The van der Waals surface area contributed by atoms with Gasteiger partial charge in [-0.1, -0.05) is 12.1 Å². The molecule has 0 amide bonds. The molecule has 8 heteroatoms. The molecule has 0 saturated heterocycles. The Hall–Kier alpha value is -3.00. The molecule has 3 aromatic rings. The van der Waals surface area contributed by atoms with Crippen molar-refractivity contribution >= 4 is 17.3 Å². The van der Waals surface area contributed by atoms with Gasteiger partial charge in [-0.15, -0.1) is 11.3 Å². The number of pyridine rings is 1. The Kier molecular flexibility index (Phi) is 7.13. The standard InChI is InChI=1S/C21H24FN5OS/c1-4-23-21(26-13-19-14(2)27-15(3)29-19)25-12-16-8-9-20(24-11-16)28-18-7-5-6-17(22)10-18/h5-11H,4,12-13H2,1-3H3,(H2,23,25,26). The number of ether oxygens (including phenoxy) is 1. The fourth-order valence-electron chi connectivity index (χ4n) is 2.63. The minimum Gasteiger partial charge on any atom is -0.439 e. The van der Waals surface area contributed by atoms with E-state index in [1.165, 1.54) is 17.0 Å². The third-order valence-corrected chi connectivity index (χ3v) is 5.07. The first kappa shape index (κ1) is 20.7. The molecule has 3 rings (SSSR count). The second-order valence-corrected chi connectivity index (χ2v) is 7.64. The summed E-state index contributed by atoms with van der Waals surface area (Å²) in [4.78, 5) is 14.5. The van der Waals surface area contributed by atoms with Crippen LogP contribution in [0.25, 0.3) is 0 Å². The van der Waals surface area contributed by atoms with E-state index in [4.69, 9.17) is 4.74 Å². The molecule has 0 aliphatic rings. The molecule has 2 aromatic heterocycles. The van der Waals surface area contributed by atoms with Crippen LogP contribution < -0.4 is 15.4 Å². The van der Waals surface area contributed by atoms with Crippen molar-refractivity contribution in [1.82, 2.24) is 20.6 Å². The van der Waals surface area contributed by atoms with Gasteiger partial charge in [-0.25, -0.2) is 19.4 Å². The lowest BCUT2D eigenvalue weighted by Crippen LogP contribution is -2.36. The lowest BCUT2D eigenvalue weighted by atomic mass is 10.3. The highest BCUT2D eigenvalue weighted by Gasteiger charge is 2.06. The fraction of sp³-hybridized carbons (Fsp3) is 0.286. The van der Waals surface area contributed by atoms with Gasteiger partial charge in [0.05, 0.1) is 23.8 Å². The Bertz CT molecular complexity index is 971. The van der Waals surface area contributed by atoms with E-state index < -0.39 is 0 Å². The molecule has 0 spiro atoms. The molecule has 2 heterocycles. The average Bonchev–Trinajstić information content (AvgIpc) is 3.02. The van der Waals surface area contributed by atoms with Gasteiger partial charge in [-0.2, -0.15) is 0 Å². The van der Waals surface area contributed by atoms with E-state index in [2.05, 4.69) is 25.6 Å². The molecule has 29 heavy (non-hydrogen) atoms. The van der Waals surface area contributed by atoms with E-state index in [9.17, 15) is 4.39 Å². The van der Waals surface area contributed by atoms with Gasteiger partial charge in [-0.3, -0.25) is 0 Å². The van der Waals surface area contributed by atoms with Crippen molar-refractivity contribution in [2.75, 3.05) is 6.54 Å². The Labute approximate surface area is 173 Å². The lowest BCUT2D eigenvalue weighted by Gasteiger charge is -2.11. The van der Waals surface area contributed by atoms with E-state index in [-0.39, 0.29) is 5.82 Å². The van der Waals surface area contributed by atoms with Crippen LogP contribution in [-0.4, -0.2) is 22.5 Å². The number of aryl methyl sites for hydroxylation is 2. The first-order chi connectivity index (χ1) is 14.0. The van der Waals surface area contributed by atoms with Crippen molar-refractivity contribution in [1.29, 1.82) is 0 Å². The number of thiazole rings is 1. The second kappa shape index (κ2) is 9.97. The predicted molar refractivity (Wildman–Crippen MR) is 114 cm³/mol. The molecule has 0 unspecified atom stereocenters. The van der Waals surface area contributed by atoms with Crippen LogP contribution in [0.3, 0.4) is 0 Å². The molecule has 0 radical (unpaired) electrons. The summed E-state index contributed by atoms with van der Waals surface area (Å²) >= 11 is 1.69. The maximum absolute atomic E-state index is 13.2. The monoisotopic (exact) mass is 413 g/mol. The van der Waals surface area contributed by atoms with Crippen molar-refractivity contribution in [2.24, 2.45) is 4.99 Å². The third-order valence-electron chi connectivity index (χ3n) is 4.00. The van der Waals surface area contributed by atoms with E-state index in [0.29, 0.717) is 24.7 Å². The van der Waals surface area contributed by atoms with E-state index >= 15 is 0 Å². The summed E-state index contributed by atoms with van der Waals surface area (Å²) in [6, 6.07) is 9.61. The number of halogens is 1. The number of hydrogen-bond acceptors (Lipinski definition) is 5. The molecule has 0 fully saturated rings. The number of hydrogen-bond donors (Lipinski definition) is 2. The molecule has 152 valence electrons. The lowest BCUT2D eigenvalue weighted by molar-refractivity contribution is 0.457. The molecule has 0 aliphatic carbocycles. The van der Waals surface area contributed by atoms with E-state index in [1.54, 1.807) is 35.7 Å². The second-order valence-electron chi connectivity index (χ2n) is 6.35. The predicted octanol–water partition coefficient (Wildman–Crippen LogP) is 4.34. The van der Waals surface area contributed by atoms with Crippen molar-refractivity contribution in [3.8, 4) is 11.6 Å². The zero-order valence-electron chi connectivity index (χ0n) is 16.7. The van der Waals surface area contributed by atoms with Crippen molar-refractivity contribution in [3.63, 3.8) is 0 Å². The summed E-state index contributed by atoms with van der Waals surface area (Å²) < 4.78 is 18.8. The Morgan fingerprint density at radius 2 is 2.07 bits per heavy atom. The smallest absolute Gasteiger partial charge is 0.219 e. The fourth-order valence-corrected chi connectivity index (χ4v) is 3.51. The minimum absolute atomic E-state index is 0.347. The van der Waals surface area contributed by atoms with E-state index in [0.717, 1.165) is 28.8 Å². The largest absolute Gasteiger partial charge is 0.439 e. The molecule has 0 saturated carbocycles. The topological polar surface area (TPSA) is 71.4 Å². The highest BCUT2D eigenvalue weighted by Crippen LogP contribution is 2.20. The van der Waals surface area contributed by atoms with Gasteiger partial charge in [0.15, 0.2) is 5.96 Å². The summed E-state index contributed by atoms with van der Waals surface area (Å²) in [5.41, 5.74) is 1.99. The van der Waals surface area contributed by atoms with Crippen molar-refractivity contribution in [2.45, 2.75) is 33.9 Å². The quantitative estimate of drug-likeness (QED) is 0.445. The number of guanidine groups is 1. The van der Waals surface area contributed by atoms with Gasteiger partial charge in [-0.05, 0) is 38.5 Å². The van der Waals surface area contributed by atoms with Gasteiger partial charge in [0, 0.05) is 29.8 Å². The molecule has 2 N–H and O–H groups in total. The Morgan fingerprint density at radius 3 is 2.72 bits per heavy atom. The average molecular weight is 414 g/mol. The molecule has 1 aromatic carbocycles. The Morgan fingerprint density at radius 1 is 1.21 bits per heavy atom. The highest BCUT2D eigenvalue weighted by molar-refractivity contribution is 7.11. The number of aromatic nitrogens is 2. The maximum Gasteiger partial charge on any atom is 0.219 e. The Balaban J connectivity index is 1.59.